The van der Waals surface area contributed by atoms with E-state index in [1.165, 1.54) is 6.42 Å². The first-order valence-electron chi connectivity index (χ1n) is 7.97. The second kappa shape index (κ2) is 6.47. The van der Waals surface area contributed by atoms with Crippen molar-refractivity contribution in [2.75, 3.05) is 20.2 Å². The summed E-state index contributed by atoms with van der Waals surface area (Å²) in [5.41, 5.74) is 0.697. The van der Waals surface area contributed by atoms with Gasteiger partial charge in [0.25, 0.3) is 0 Å². The molecule has 1 aliphatic carbocycles. The predicted octanol–water partition coefficient (Wildman–Crippen LogP) is 2.74. The van der Waals surface area contributed by atoms with Crippen molar-refractivity contribution < 1.29 is 9.53 Å². The normalized spacial score (nSPS) is 27.3. The summed E-state index contributed by atoms with van der Waals surface area (Å²) in [7, 11) is 1.63. The molecular formula is C17H23ClN2O2. The predicted molar refractivity (Wildman–Crippen MR) is 87.1 cm³/mol. The maximum atomic E-state index is 12.8. The molecule has 2 atom stereocenters. The van der Waals surface area contributed by atoms with Gasteiger partial charge in [-0.25, -0.2) is 0 Å². The lowest BCUT2D eigenvalue weighted by molar-refractivity contribution is -0.134. The summed E-state index contributed by atoms with van der Waals surface area (Å²) in [4.78, 5) is 12.8. The molecule has 0 spiro atoms. The van der Waals surface area contributed by atoms with Gasteiger partial charge in [-0.15, -0.1) is 0 Å². The Labute approximate surface area is 136 Å². The van der Waals surface area contributed by atoms with Crippen molar-refractivity contribution >= 4 is 17.5 Å². The summed E-state index contributed by atoms with van der Waals surface area (Å²) in [6.07, 6.45) is 4.53. The fourth-order valence-corrected chi connectivity index (χ4v) is 4.12. The summed E-state index contributed by atoms with van der Waals surface area (Å²) in [5, 5.41) is 7.18. The molecule has 4 nitrogen and oxygen atoms in total. The Morgan fingerprint density at radius 2 is 2.36 bits per heavy atom. The fraction of sp³-hybridized carbons (Fsp3) is 0.588. The zero-order valence-electron chi connectivity index (χ0n) is 13.0. The molecule has 22 heavy (non-hydrogen) atoms. The van der Waals surface area contributed by atoms with E-state index in [1.54, 1.807) is 13.2 Å². The number of fused-ring (bicyclic) bond motifs is 1. The van der Waals surface area contributed by atoms with E-state index in [9.17, 15) is 4.79 Å². The number of hydrogen-bond acceptors (Lipinski definition) is 3. The van der Waals surface area contributed by atoms with Crippen LogP contribution in [0.2, 0.25) is 5.02 Å². The molecule has 0 unspecified atom stereocenters. The van der Waals surface area contributed by atoms with E-state index in [0.29, 0.717) is 17.5 Å². The third kappa shape index (κ3) is 2.82. The molecule has 1 amide bonds. The van der Waals surface area contributed by atoms with Crippen molar-refractivity contribution in [3.63, 3.8) is 0 Å². The smallest absolute Gasteiger partial charge is 0.228 e. The highest BCUT2D eigenvalue weighted by atomic mass is 35.5. The highest BCUT2D eigenvalue weighted by Crippen LogP contribution is 2.44. The highest BCUT2D eigenvalue weighted by molar-refractivity contribution is 6.30. The zero-order chi connectivity index (χ0) is 15.6. The third-order valence-electron chi connectivity index (χ3n) is 5.17. The molecular weight excluding hydrogens is 300 g/mol. The van der Waals surface area contributed by atoms with Crippen LogP contribution in [0.3, 0.4) is 0 Å². The molecule has 0 aromatic heterocycles. The highest BCUT2D eigenvalue weighted by Gasteiger charge is 2.49. The van der Waals surface area contributed by atoms with Crippen LogP contribution in [0, 0.1) is 11.3 Å². The Balaban J connectivity index is 1.71. The van der Waals surface area contributed by atoms with Crippen molar-refractivity contribution in [3.8, 4) is 5.75 Å². The largest absolute Gasteiger partial charge is 0.496 e. The van der Waals surface area contributed by atoms with Crippen molar-refractivity contribution in [1.82, 2.24) is 10.6 Å². The monoisotopic (exact) mass is 322 g/mol. The van der Waals surface area contributed by atoms with E-state index in [0.717, 1.165) is 43.7 Å². The standard InChI is InChI=1S/C17H23ClN2O2/c1-22-15-6-5-14(18)8-12(15)9-20-16(21)17-7-3-2-4-13(17)10-19-11-17/h5-6,8,13,19H,2-4,7,9-11H2,1H3,(H,20,21)/t13-,17+/m0/s1. The molecule has 2 aliphatic rings. The Morgan fingerprint density at radius 1 is 1.50 bits per heavy atom. The van der Waals surface area contributed by atoms with Crippen molar-refractivity contribution in [1.29, 1.82) is 0 Å². The summed E-state index contributed by atoms with van der Waals surface area (Å²) in [6, 6.07) is 5.48. The van der Waals surface area contributed by atoms with Gasteiger partial charge in [-0.2, -0.15) is 0 Å². The summed E-state index contributed by atoms with van der Waals surface area (Å²) >= 11 is 6.05. The lowest BCUT2D eigenvalue weighted by atomic mass is 9.67. The number of ether oxygens (including phenoxy) is 1. The van der Waals surface area contributed by atoms with Crippen LogP contribution in [0.25, 0.3) is 0 Å². The summed E-state index contributed by atoms with van der Waals surface area (Å²) < 4.78 is 5.34. The number of amides is 1. The molecule has 1 aliphatic heterocycles. The number of benzene rings is 1. The number of nitrogens with one attached hydrogen (secondary N) is 2. The van der Waals surface area contributed by atoms with Crippen LogP contribution in [0.5, 0.6) is 5.75 Å². The van der Waals surface area contributed by atoms with E-state index in [1.807, 2.05) is 12.1 Å². The van der Waals surface area contributed by atoms with Gasteiger partial charge in [0.15, 0.2) is 0 Å². The second-order valence-electron chi connectivity index (χ2n) is 6.37. The second-order valence-corrected chi connectivity index (χ2v) is 6.81. The molecule has 1 saturated carbocycles. The lowest BCUT2D eigenvalue weighted by Crippen LogP contribution is -2.47. The minimum Gasteiger partial charge on any atom is -0.496 e. The quantitative estimate of drug-likeness (QED) is 0.896. The summed E-state index contributed by atoms with van der Waals surface area (Å²) in [5.74, 6) is 1.40. The van der Waals surface area contributed by atoms with E-state index < -0.39 is 0 Å². The van der Waals surface area contributed by atoms with Crippen LogP contribution in [0.4, 0.5) is 0 Å². The average molecular weight is 323 g/mol. The number of carbonyl (C=O) groups excluding carboxylic acids is 1. The fourth-order valence-electron chi connectivity index (χ4n) is 3.93. The van der Waals surface area contributed by atoms with Crippen LogP contribution in [-0.2, 0) is 11.3 Å². The van der Waals surface area contributed by atoms with Gasteiger partial charge in [0.2, 0.25) is 5.91 Å². The van der Waals surface area contributed by atoms with Crippen molar-refractivity contribution in [2.45, 2.75) is 32.2 Å². The maximum absolute atomic E-state index is 12.8. The third-order valence-corrected chi connectivity index (χ3v) is 5.41. The molecule has 1 heterocycles. The first kappa shape index (κ1) is 15.6. The molecule has 2 fully saturated rings. The molecule has 5 heteroatoms. The summed E-state index contributed by atoms with van der Waals surface area (Å²) in [6.45, 7) is 2.22. The number of carbonyl (C=O) groups is 1. The number of methoxy groups -OCH3 is 1. The molecule has 1 aromatic rings. The van der Waals surface area contributed by atoms with E-state index in [4.69, 9.17) is 16.3 Å². The Hall–Kier alpha value is -1.26. The number of hydrogen-bond donors (Lipinski definition) is 2. The van der Waals surface area contributed by atoms with Gasteiger partial charge in [-0.3, -0.25) is 4.79 Å². The van der Waals surface area contributed by atoms with Crippen molar-refractivity contribution in [2.24, 2.45) is 11.3 Å². The molecule has 3 rings (SSSR count). The van der Waals surface area contributed by atoms with Gasteiger partial charge >= 0.3 is 0 Å². The molecule has 1 aromatic carbocycles. The molecule has 2 N–H and O–H groups in total. The van der Waals surface area contributed by atoms with E-state index >= 15 is 0 Å². The Bertz CT molecular complexity index is 564. The van der Waals surface area contributed by atoms with Crippen LogP contribution in [-0.4, -0.2) is 26.1 Å². The molecule has 120 valence electrons. The van der Waals surface area contributed by atoms with E-state index in [-0.39, 0.29) is 11.3 Å². The van der Waals surface area contributed by atoms with Gasteiger partial charge in [-0.05, 0) is 43.5 Å². The van der Waals surface area contributed by atoms with Crippen LogP contribution in [0.1, 0.15) is 31.2 Å². The SMILES string of the molecule is COc1ccc(Cl)cc1CNC(=O)[C@@]12CCCC[C@H]1CNC2. The number of rotatable bonds is 4. The van der Waals surface area contributed by atoms with Gasteiger partial charge in [0, 0.05) is 23.7 Å². The topological polar surface area (TPSA) is 50.4 Å². The zero-order valence-corrected chi connectivity index (χ0v) is 13.7. The maximum Gasteiger partial charge on any atom is 0.228 e. The van der Waals surface area contributed by atoms with Crippen molar-refractivity contribution in [3.05, 3.63) is 28.8 Å². The minimum absolute atomic E-state index is 0.171. The molecule has 0 bridgehead atoms. The van der Waals surface area contributed by atoms with Gasteiger partial charge in [-0.1, -0.05) is 24.4 Å². The van der Waals surface area contributed by atoms with Gasteiger partial charge in [0.1, 0.15) is 5.75 Å². The van der Waals surface area contributed by atoms with Crippen LogP contribution >= 0.6 is 11.6 Å². The number of halogens is 1. The van der Waals surface area contributed by atoms with Crippen LogP contribution in [0.15, 0.2) is 18.2 Å². The van der Waals surface area contributed by atoms with Gasteiger partial charge in [0.05, 0.1) is 12.5 Å². The van der Waals surface area contributed by atoms with E-state index in [2.05, 4.69) is 10.6 Å². The Morgan fingerprint density at radius 3 is 3.18 bits per heavy atom. The van der Waals surface area contributed by atoms with Gasteiger partial charge < -0.3 is 15.4 Å². The molecule has 1 saturated heterocycles. The minimum atomic E-state index is -0.218. The average Bonchev–Trinajstić information content (AvgIpc) is 2.98. The Kier molecular flexibility index (Phi) is 4.59. The molecule has 0 radical (unpaired) electrons. The lowest BCUT2D eigenvalue weighted by Gasteiger charge is -2.37. The first-order chi connectivity index (χ1) is 10.7. The van der Waals surface area contributed by atoms with Crippen LogP contribution < -0.4 is 15.4 Å². The first-order valence-corrected chi connectivity index (χ1v) is 8.35.